The van der Waals surface area contributed by atoms with Gasteiger partial charge in [0.25, 0.3) is 5.88 Å². The maximum absolute atomic E-state index is 5.89. The van der Waals surface area contributed by atoms with Crippen LogP contribution < -0.4 is 4.74 Å². The molecule has 0 unspecified atom stereocenters. The molecule has 0 radical (unpaired) electrons. The molecule has 2 aliphatic rings. The van der Waals surface area contributed by atoms with E-state index in [0.717, 1.165) is 35.8 Å². The summed E-state index contributed by atoms with van der Waals surface area (Å²) in [5.74, 6) is 2.40. The highest BCUT2D eigenvalue weighted by atomic mass is 16.5. The fourth-order valence-electron chi connectivity index (χ4n) is 4.48. The molecule has 1 aliphatic heterocycles. The molecule has 0 atom stereocenters. The zero-order valence-electron chi connectivity index (χ0n) is 15.2. The Labute approximate surface area is 150 Å². The smallest absolute Gasteiger partial charge is 0.262 e. The first-order valence-electron chi connectivity index (χ1n) is 10.1. The molecule has 0 bridgehead atoms. The molecule has 1 aliphatic carbocycles. The van der Waals surface area contributed by atoms with Crippen LogP contribution in [-0.2, 0) is 0 Å². The molecule has 4 nitrogen and oxygen atoms in total. The normalized spacial score (nSPS) is 21.0. The molecule has 0 spiro atoms. The minimum absolute atomic E-state index is 0.644. The van der Waals surface area contributed by atoms with Gasteiger partial charge in [0.15, 0.2) is 5.58 Å². The number of nitrogens with zero attached hydrogens (tertiary/aromatic N) is 2. The lowest BCUT2D eigenvalue weighted by molar-refractivity contribution is 0.133. The molecule has 25 heavy (non-hydrogen) atoms. The molecule has 1 aromatic carbocycles. The van der Waals surface area contributed by atoms with Crippen LogP contribution in [0.4, 0.5) is 0 Å². The predicted octanol–water partition coefficient (Wildman–Crippen LogP) is 4.89. The van der Waals surface area contributed by atoms with E-state index in [0.29, 0.717) is 5.88 Å². The first kappa shape index (κ1) is 16.9. The van der Waals surface area contributed by atoms with E-state index in [9.17, 15) is 0 Å². The fraction of sp³-hybridized carbons (Fsp3) is 0.667. The molecule has 0 N–H and O–H groups in total. The van der Waals surface area contributed by atoms with Gasteiger partial charge in [0.05, 0.1) is 12.0 Å². The Hall–Kier alpha value is -1.55. The van der Waals surface area contributed by atoms with E-state index in [1.165, 1.54) is 64.6 Å². The second kappa shape index (κ2) is 8.22. The highest BCUT2D eigenvalue weighted by Gasteiger charge is 2.23. The van der Waals surface area contributed by atoms with Crippen LogP contribution in [0.5, 0.6) is 5.88 Å². The van der Waals surface area contributed by atoms with E-state index >= 15 is 0 Å². The average molecular weight is 342 g/mol. The molecule has 2 fully saturated rings. The zero-order chi connectivity index (χ0) is 16.9. The van der Waals surface area contributed by atoms with E-state index in [2.05, 4.69) is 10.1 Å². The van der Waals surface area contributed by atoms with Gasteiger partial charge in [-0.05, 0) is 74.3 Å². The lowest BCUT2D eigenvalue weighted by atomic mass is 9.87. The summed E-state index contributed by atoms with van der Waals surface area (Å²) in [5.41, 5.74) is 0.800. The van der Waals surface area contributed by atoms with Gasteiger partial charge in [-0.25, -0.2) is 0 Å². The Bertz CT molecular complexity index is 655. The van der Waals surface area contributed by atoms with Crippen LogP contribution >= 0.6 is 0 Å². The number of hydrogen-bond acceptors (Lipinski definition) is 4. The zero-order valence-corrected chi connectivity index (χ0v) is 15.2. The van der Waals surface area contributed by atoms with Crippen LogP contribution in [0.15, 0.2) is 28.8 Å². The summed E-state index contributed by atoms with van der Waals surface area (Å²) in [6, 6.07) is 7.88. The average Bonchev–Trinajstić information content (AvgIpc) is 3.07. The van der Waals surface area contributed by atoms with Crippen LogP contribution in [0, 0.1) is 11.8 Å². The van der Waals surface area contributed by atoms with E-state index in [1.54, 1.807) is 0 Å². The number of para-hydroxylation sites is 1. The first-order valence-corrected chi connectivity index (χ1v) is 10.1. The van der Waals surface area contributed by atoms with Crippen molar-refractivity contribution in [2.24, 2.45) is 11.8 Å². The van der Waals surface area contributed by atoms with Gasteiger partial charge in [-0.1, -0.05) is 31.4 Å². The van der Waals surface area contributed by atoms with Gasteiger partial charge in [-0.2, -0.15) is 0 Å². The third-order valence-corrected chi connectivity index (χ3v) is 6.06. The van der Waals surface area contributed by atoms with Crippen molar-refractivity contribution in [3.63, 3.8) is 0 Å². The maximum Gasteiger partial charge on any atom is 0.262 e. The van der Waals surface area contributed by atoms with E-state index in [1.807, 2.05) is 24.3 Å². The SMILES string of the molecule is c1ccc2c(OCCC3CCN(CC4CCCCC4)CC3)noc2c1. The topological polar surface area (TPSA) is 38.5 Å². The van der Waals surface area contributed by atoms with Crippen molar-refractivity contribution in [1.82, 2.24) is 10.1 Å². The van der Waals surface area contributed by atoms with Gasteiger partial charge in [-0.15, -0.1) is 0 Å². The van der Waals surface area contributed by atoms with Crippen LogP contribution in [0.1, 0.15) is 51.4 Å². The number of hydrogen-bond donors (Lipinski definition) is 0. The summed E-state index contributed by atoms with van der Waals surface area (Å²) in [4.78, 5) is 2.71. The molecular weight excluding hydrogens is 312 g/mol. The molecule has 0 amide bonds. The monoisotopic (exact) mass is 342 g/mol. The predicted molar refractivity (Wildman–Crippen MR) is 99.9 cm³/mol. The van der Waals surface area contributed by atoms with Gasteiger partial charge in [0, 0.05) is 6.54 Å². The highest BCUT2D eigenvalue weighted by Crippen LogP contribution is 2.28. The first-order chi connectivity index (χ1) is 12.4. The number of benzene rings is 1. The summed E-state index contributed by atoms with van der Waals surface area (Å²) in [6.07, 6.45) is 11.0. The summed E-state index contributed by atoms with van der Waals surface area (Å²) in [7, 11) is 0. The van der Waals surface area contributed by atoms with Gasteiger partial charge in [0.2, 0.25) is 0 Å². The standard InChI is InChI=1S/C21H30N2O2/c1-2-6-18(7-3-1)16-23-13-10-17(11-14-23)12-15-24-21-19-8-4-5-9-20(19)25-22-21/h4-5,8-9,17-18H,1-3,6-7,10-16H2. The van der Waals surface area contributed by atoms with Crippen LogP contribution in [0.25, 0.3) is 11.0 Å². The molecule has 2 aromatic rings. The minimum atomic E-state index is 0.644. The molecule has 1 saturated carbocycles. The lowest BCUT2D eigenvalue weighted by Gasteiger charge is -2.35. The van der Waals surface area contributed by atoms with Crippen molar-refractivity contribution in [1.29, 1.82) is 0 Å². The molecule has 1 aromatic heterocycles. The van der Waals surface area contributed by atoms with Gasteiger partial charge < -0.3 is 14.2 Å². The Morgan fingerprint density at radius 2 is 1.80 bits per heavy atom. The van der Waals surface area contributed by atoms with Gasteiger partial charge in [0.1, 0.15) is 0 Å². The third kappa shape index (κ3) is 4.35. The Morgan fingerprint density at radius 1 is 1.00 bits per heavy atom. The van der Waals surface area contributed by atoms with Crippen molar-refractivity contribution >= 4 is 11.0 Å². The second-order valence-corrected chi connectivity index (χ2v) is 7.87. The van der Waals surface area contributed by atoms with Crippen molar-refractivity contribution in [3.8, 4) is 5.88 Å². The van der Waals surface area contributed by atoms with E-state index in [4.69, 9.17) is 9.26 Å². The number of likely N-dealkylation sites (tertiary alicyclic amines) is 1. The number of rotatable bonds is 6. The third-order valence-electron chi connectivity index (χ3n) is 6.06. The number of piperidine rings is 1. The van der Waals surface area contributed by atoms with Crippen molar-refractivity contribution in [2.75, 3.05) is 26.2 Å². The minimum Gasteiger partial charge on any atom is -0.475 e. The molecule has 4 rings (SSSR count). The molecule has 1 saturated heterocycles. The van der Waals surface area contributed by atoms with E-state index in [-0.39, 0.29) is 0 Å². The van der Waals surface area contributed by atoms with E-state index < -0.39 is 0 Å². The Kier molecular flexibility index (Phi) is 5.55. The van der Waals surface area contributed by atoms with Crippen LogP contribution in [0.3, 0.4) is 0 Å². The Balaban J connectivity index is 1.17. The number of aromatic nitrogens is 1. The van der Waals surface area contributed by atoms with Crippen molar-refractivity contribution < 1.29 is 9.26 Å². The van der Waals surface area contributed by atoms with Gasteiger partial charge in [-0.3, -0.25) is 0 Å². The summed E-state index contributed by atoms with van der Waals surface area (Å²) in [5, 5.41) is 5.03. The second-order valence-electron chi connectivity index (χ2n) is 7.87. The van der Waals surface area contributed by atoms with Crippen LogP contribution in [0.2, 0.25) is 0 Å². The highest BCUT2D eigenvalue weighted by molar-refractivity contribution is 5.81. The summed E-state index contributed by atoms with van der Waals surface area (Å²) in [6.45, 7) is 4.63. The van der Waals surface area contributed by atoms with Crippen molar-refractivity contribution in [3.05, 3.63) is 24.3 Å². The number of ether oxygens (including phenoxy) is 1. The molecule has 2 heterocycles. The molecule has 136 valence electrons. The van der Waals surface area contributed by atoms with Crippen molar-refractivity contribution in [2.45, 2.75) is 51.4 Å². The molecule has 4 heteroatoms. The van der Waals surface area contributed by atoms with Crippen LogP contribution in [-0.4, -0.2) is 36.3 Å². The maximum atomic E-state index is 5.89. The fourth-order valence-corrected chi connectivity index (χ4v) is 4.48. The quantitative estimate of drug-likeness (QED) is 0.749. The van der Waals surface area contributed by atoms with Gasteiger partial charge >= 0.3 is 0 Å². The summed E-state index contributed by atoms with van der Waals surface area (Å²) < 4.78 is 11.2. The Morgan fingerprint density at radius 3 is 2.64 bits per heavy atom. The lowest BCUT2D eigenvalue weighted by Crippen LogP contribution is -2.37. The number of fused-ring (bicyclic) bond motifs is 1. The molecular formula is C21H30N2O2. The largest absolute Gasteiger partial charge is 0.475 e. The summed E-state index contributed by atoms with van der Waals surface area (Å²) >= 11 is 0.